The van der Waals surface area contributed by atoms with Crippen molar-refractivity contribution < 1.29 is 19.2 Å². The normalized spacial score (nSPS) is 20.1. The topological polar surface area (TPSA) is 79.1 Å². The molecule has 1 atom stereocenters. The SMILES string of the molecule is CC(C)(C)OC(=O)N1CCC(CN2CCc3cc4c(cc3[C@H]2CCc2c[nH]c3ccccc23)ONO4)CC1. The third-order valence-electron chi connectivity index (χ3n) is 8.10. The van der Waals surface area contributed by atoms with Gasteiger partial charge in [-0.1, -0.05) is 18.2 Å². The average Bonchev–Trinajstić information content (AvgIpc) is 3.53. The average molecular weight is 519 g/mol. The minimum Gasteiger partial charge on any atom is -0.444 e. The van der Waals surface area contributed by atoms with Crippen molar-refractivity contribution >= 4 is 17.0 Å². The number of piperidine rings is 1. The number of hydrogen-bond acceptors (Lipinski definition) is 6. The predicted octanol–water partition coefficient (Wildman–Crippen LogP) is 5.54. The van der Waals surface area contributed by atoms with E-state index in [2.05, 4.69) is 58.1 Å². The molecule has 0 bridgehead atoms. The minimum absolute atomic E-state index is 0.191. The molecule has 4 heterocycles. The summed E-state index contributed by atoms with van der Waals surface area (Å²) in [4.78, 5) is 31.5. The quantitative estimate of drug-likeness (QED) is 0.462. The molecule has 2 N–H and O–H groups in total. The second-order valence-electron chi connectivity index (χ2n) is 11.9. The van der Waals surface area contributed by atoms with Gasteiger partial charge < -0.3 is 24.3 Å². The summed E-state index contributed by atoms with van der Waals surface area (Å²) in [6.07, 6.45) is 6.99. The first-order valence-corrected chi connectivity index (χ1v) is 13.9. The van der Waals surface area contributed by atoms with Crippen molar-refractivity contribution in [3.63, 3.8) is 0 Å². The standard InChI is InChI=1S/C30H38N4O4/c1-30(2,3)36-29(35)33-13-10-20(11-14-33)19-34-15-12-21-16-27-28(38-32-37-27)17-24(21)26(34)9-8-22-18-31-25-7-5-4-6-23(22)25/h4-7,16-18,20,26,31-32H,8-15,19H2,1-3H3/t26-/m1/s1. The van der Waals surface area contributed by atoms with Gasteiger partial charge in [-0.3, -0.25) is 4.90 Å². The Balaban J connectivity index is 1.18. The third kappa shape index (κ3) is 5.20. The summed E-state index contributed by atoms with van der Waals surface area (Å²) in [6, 6.07) is 13.1. The van der Waals surface area contributed by atoms with Crippen LogP contribution in [0.3, 0.4) is 0 Å². The van der Waals surface area contributed by atoms with Gasteiger partial charge in [-0.25, -0.2) is 4.79 Å². The number of rotatable bonds is 5. The second kappa shape index (κ2) is 10.2. The number of para-hydroxylation sites is 1. The molecule has 0 saturated carbocycles. The van der Waals surface area contributed by atoms with Gasteiger partial charge in [0.05, 0.1) is 0 Å². The summed E-state index contributed by atoms with van der Waals surface area (Å²) in [6.45, 7) is 9.33. The lowest BCUT2D eigenvalue weighted by atomic mass is 9.86. The molecule has 202 valence electrons. The smallest absolute Gasteiger partial charge is 0.410 e. The molecule has 1 aromatic heterocycles. The molecule has 3 aromatic rings. The monoisotopic (exact) mass is 518 g/mol. The van der Waals surface area contributed by atoms with Crippen LogP contribution in [-0.4, -0.2) is 52.7 Å². The number of nitrogens with zero attached hydrogens (tertiary/aromatic N) is 2. The van der Waals surface area contributed by atoms with Crippen LogP contribution < -0.4 is 15.3 Å². The number of fused-ring (bicyclic) bond motifs is 3. The predicted molar refractivity (Wildman–Crippen MR) is 146 cm³/mol. The molecule has 0 unspecified atom stereocenters. The Hall–Kier alpha value is -3.23. The molecule has 0 radical (unpaired) electrons. The van der Waals surface area contributed by atoms with Crippen molar-refractivity contribution in [2.24, 2.45) is 5.92 Å². The summed E-state index contributed by atoms with van der Waals surface area (Å²) < 4.78 is 5.60. The molecular weight excluding hydrogens is 480 g/mol. The maximum atomic E-state index is 12.5. The zero-order valence-electron chi connectivity index (χ0n) is 22.6. The molecule has 3 aliphatic heterocycles. The molecule has 3 aliphatic rings. The summed E-state index contributed by atoms with van der Waals surface area (Å²) in [7, 11) is 0. The van der Waals surface area contributed by atoms with Crippen molar-refractivity contribution in [1.29, 1.82) is 0 Å². The number of likely N-dealkylation sites (tertiary alicyclic amines) is 1. The zero-order valence-corrected chi connectivity index (χ0v) is 22.6. The van der Waals surface area contributed by atoms with E-state index in [1.807, 2.05) is 25.7 Å². The summed E-state index contributed by atoms with van der Waals surface area (Å²) in [5.41, 5.74) is 7.32. The van der Waals surface area contributed by atoms with Crippen LogP contribution in [0.25, 0.3) is 10.9 Å². The molecule has 0 spiro atoms. The summed E-state index contributed by atoms with van der Waals surface area (Å²) >= 11 is 0. The number of benzene rings is 2. The lowest BCUT2D eigenvalue weighted by Gasteiger charge is -2.41. The van der Waals surface area contributed by atoms with Gasteiger partial charge in [-0.2, -0.15) is 0 Å². The number of H-pyrrole nitrogens is 1. The Labute approximate surface area is 224 Å². The van der Waals surface area contributed by atoms with E-state index in [-0.39, 0.29) is 6.09 Å². The number of hydrogen-bond donors (Lipinski definition) is 2. The molecule has 1 fully saturated rings. The highest BCUT2D eigenvalue weighted by molar-refractivity contribution is 5.83. The first-order valence-electron chi connectivity index (χ1n) is 13.9. The number of aromatic nitrogens is 1. The first kappa shape index (κ1) is 25.1. The molecule has 1 saturated heterocycles. The van der Waals surface area contributed by atoms with Gasteiger partial charge in [0.1, 0.15) is 5.60 Å². The van der Waals surface area contributed by atoms with Crippen molar-refractivity contribution in [1.82, 2.24) is 20.4 Å². The van der Waals surface area contributed by atoms with E-state index in [0.717, 1.165) is 69.8 Å². The van der Waals surface area contributed by atoms with E-state index >= 15 is 0 Å². The fourth-order valence-electron chi connectivity index (χ4n) is 6.17. The second-order valence-corrected chi connectivity index (χ2v) is 11.9. The Morgan fingerprint density at radius 1 is 1.08 bits per heavy atom. The Morgan fingerprint density at radius 3 is 2.63 bits per heavy atom. The van der Waals surface area contributed by atoms with Crippen LogP contribution in [0.2, 0.25) is 0 Å². The van der Waals surface area contributed by atoms with E-state index in [4.69, 9.17) is 14.4 Å². The van der Waals surface area contributed by atoms with Crippen molar-refractivity contribution in [2.45, 2.75) is 64.5 Å². The third-order valence-corrected chi connectivity index (χ3v) is 8.10. The van der Waals surface area contributed by atoms with Crippen LogP contribution in [0.5, 0.6) is 11.5 Å². The van der Waals surface area contributed by atoms with E-state index in [1.165, 1.54) is 27.6 Å². The van der Waals surface area contributed by atoms with E-state index in [1.54, 1.807) is 0 Å². The van der Waals surface area contributed by atoms with Crippen LogP contribution in [0.1, 0.15) is 62.8 Å². The number of carbonyl (C=O) groups is 1. The first-order chi connectivity index (χ1) is 18.3. The Morgan fingerprint density at radius 2 is 1.84 bits per heavy atom. The maximum Gasteiger partial charge on any atom is 0.410 e. The van der Waals surface area contributed by atoms with Gasteiger partial charge in [0.2, 0.25) is 0 Å². The van der Waals surface area contributed by atoms with Crippen LogP contribution >= 0.6 is 0 Å². The van der Waals surface area contributed by atoms with Gasteiger partial charge in [-0.05, 0) is 93.7 Å². The van der Waals surface area contributed by atoms with Crippen LogP contribution in [-0.2, 0) is 17.6 Å². The lowest BCUT2D eigenvalue weighted by molar-refractivity contribution is 0.0158. The number of nitrogens with one attached hydrogen (secondary N) is 2. The van der Waals surface area contributed by atoms with Gasteiger partial charge in [-0.15, -0.1) is 0 Å². The molecule has 2 aromatic carbocycles. The number of aromatic amines is 1. The van der Waals surface area contributed by atoms with Crippen LogP contribution in [0.15, 0.2) is 42.6 Å². The molecule has 8 heteroatoms. The molecule has 0 aliphatic carbocycles. The van der Waals surface area contributed by atoms with E-state index in [9.17, 15) is 4.79 Å². The molecular formula is C30H38N4O4. The number of aryl methyl sites for hydroxylation is 1. The van der Waals surface area contributed by atoms with Gasteiger partial charge in [0, 0.05) is 55.0 Å². The van der Waals surface area contributed by atoms with Gasteiger partial charge in [0.25, 0.3) is 0 Å². The number of ether oxygens (including phenoxy) is 1. The van der Waals surface area contributed by atoms with Gasteiger partial charge in [0.15, 0.2) is 11.5 Å². The minimum atomic E-state index is -0.461. The van der Waals surface area contributed by atoms with Crippen LogP contribution in [0, 0.1) is 5.92 Å². The summed E-state index contributed by atoms with van der Waals surface area (Å²) in [5.74, 6) is 2.08. The van der Waals surface area contributed by atoms with Gasteiger partial charge >= 0.3 is 6.09 Å². The van der Waals surface area contributed by atoms with Crippen molar-refractivity contribution in [3.05, 3.63) is 59.3 Å². The zero-order chi connectivity index (χ0) is 26.3. The van der Waals surface area contributed by atoms with Crippen LogP contribution in [0.4, 0.5) is 4.79 Å². The number of amides is 1. The highest BCUT2D eigenvalue weighted by Gasteiger charge is 2.33. The molecule has 1 amide bonds. The largest absolute Gasteiger partial charge is 0.444 e. The fourth-order valence-corrected chi connectivity index (χ4v) is 6.17. The molecule has 6 rings (SSSR count). The van der Waals surface area contributed by atoms with E-state index in [0.29, 0.717) is 12.0 Å². The molecule has 8 nitrogen and oxygen atoms in total. The van der Waals surface area contributed by atoms with Crippen molar-refractivity contribution in [3.8, 4) is 11.5 Å². The Kier molecular flexibility index (Phi) is 6.70. The highest BCUT2D eigenvalue weighted by Crippen LogP contribution is 2.42. The summed E-state index contributed by atoms with van der Waals surface area (Å²) in [5, 5.41) is 1.31. The Bertz CT molecular complexity index is 1310. The lowest BCUT2D eigenvalue weighted by Crippen LogP contribution is -2.45. The maximum absolute atomic E-state index is 12.5. The fraction of sp³-hybridized carbons (Fsp3) is 0.500. The highest BCUT2D eigenvalue weighted by atomic mass is 16.9. The number of carbonyl (C=O) groups excluding carboxylic acids is 1. The molecule has 38 heavy (non-hydrogen) atoms. The van der Waals surface area contributed by atoms with Crippen molar-refractivity contribution in [2.75, 3.05) is 26.2 Å². The van der Waals surface area contributed by atoms with E-state index < -0.39 is 5.60 Å².